The summed E-state index contributed by atoms with van der Waals surface area (Å²) in [6.07, 6.45) is 18.3. The summed E-state index contributed by atoms with van der Waals surface area (Å²) in [6, 6.07) is 0. The monoisotopic (exact) mass is 384 g/mol. The number of ether oxygens (including phenoxy) is 1. The van der Waals surface area contributed by atoms with Gasteiger partial charge in [-0.25, -0.2) is 9.18 Å². The Kier molecular flexibility index (Phi) is 19.3. The SMILES string of the molecule is C=C(C(=O)OCCCCCCCCCCCCC)C(F)CCCCCCC. The molecule has 0 heterocycles. The van der Waals surface area contributed by atoms with Crippen LogP contribution in [0.1, 0.15) is 123 Å². The number of hydrogen-bond donors (Lipinski definition) is 0. The largest absolute Gasteiger partial charge is 0.462 e. The Morgan fingerprint density at radius 1 is 0.741 bits per heavy atom. The van der Waals surface area contributed by atoms with Crippen LogP contribution in [-0.4, -0.2) is 18.7 Å². The van der Waals surface area contributed by atoms with Gasteiger partial charge in [-0.1, -0.05) is 117 Å². The van der Waals surface area contributed by atoms with E-state index >= 15 is 0 Å². The van der Waals surface area contributed by atoms with Gasteiger partial charge in [0, 0.05) is 0 Å². The van der Waals surface area contributed by atoms with E-state index in [2.05, 4.69) is 20.4 Å². The van der Waals surface area contributed by atoms with Crippen LogP contribution in [0.3, 0.4) is 0 Å². The Balaban J connectivity index is 3.47. The topological polar surface area (TPSA) is 26.3 Å². The van der Waals surface area contributed by atoms with Gasteiger partial charge in [-0.05, 0) is 12.8 Å². The van der Waals surface area contributed by atoms with Gasteiger partial charge in [-0.2, -0.15) is 0 Å². The van der Waals surface area contributed by atoms with Crippen molar-refractivity contribution in [2.45, 2.75) is 129 Å². The van der Waals surface area contributed by atoms with Crippen LogP contribution < -0.4 is 0 Å². The summed E-state index contributed by atoms with van der Waals surface area (Å²) >= 11 is 0. The van der Waals surface area contributed by atoms with E-state index in [0.29, 0.717) is 13.0 Å². The number of esters is 1. The first-order valence-corrected chi connectivity index (χ1v) is 11.6. The molecular weight excluding hydrogens is 339 g/mol. The predicted octanol–water partition coefficient (Wildman–Crippen LogP) is 8.10. The summed E-state index contributed by atoms with van der Waals surface area (Å²) in [4.78, 5) is 11.8. The predicted molar refractivity (Wildman–Crippen MR) is 115 cm³/mol. The second-order valence-electron chi connectivity index (χ2n) is 7.87. The smallest absolute Gasteiger partial charge is 0.336 e. The van der Waals surface area contributed by atoms with Gasteiger partial charge in [0.05, 0.1) is 12.2 Å². The van der Waals surface area contributed by atoms with Crippen molar-refractivity contribution in [2.24, 2.45) is 0 Å². The molecule has 3 heteroatoms. The highest BCUT2D eigenvalue weighted by Crippen LogP contribution is 2.16. The van der Waals surface area contributed by atoms with Crippen molar-refractivity contribution in [3.05, 3.63) is 12.2 Å². The first-order chi connectivity index (χ1) is 13.1. The summed E-state index contributed by atoms with van der Waals surface area (Å²) in [5.74, 6) is -0.553. The summed E-state index contributed by atoms with van der Waals surface area (Å²) in [6.45, 7) is 8.39. The van der Waals surface area contributed by atoms with E-state index in [1.807, 2.05) is 0 Å². The molecule has 0 spiro atoms. The Bertz CT molecular complexity index is 354. The molecule has 0 aliphatic heterocycles. The van der Waals surface area contributed by atoms with Crippen LogP contribution in [0.4, 0.5) is 4.39 Å². The molecule has 0 aromatic carbocycles. The molecule has 0 saturated carbocycles. The second-order valence-corrected chi connectivity index (χ2v) is 7.87. The molecule has 2 nitrogen and oxygen atoms in total. The van der Waals surface area contributed by atoms with Gasteiger partial charge in [0.2, 0.25) is 0 Å². The maximum atomic E-state index is 14.0. The normalized spacial score (nSPS) is 12.1. The minimum absolute atomic E-state index is 0.00596. The average molecular weight is 385 g/mol. The van der Waals surface area contributed by atoms with Crippen LogP contribution in [0.5, 0.6) is 0 Å². The zero-order valence-electron chi connectivity index (χ0n) is 18.2. The molecular formula is C24H45FO2. The third-order valence-corrected chi connectivity index (χ3v) is 5.18. The molecule has 160 valence electrons. The van der Waals surface area contributed by atoms with Crippen molar-refractivity contribution in [3.8, 4) is 0 Å². The number of unbranched alkanes of at least 4 members (excludes halogenated alkanes) is 14. The molecule has 1 unspecified atom stereocenters. The molecule has 0 aliphatic rings. The quantitative estimate of drug-likeness (QED) is 0.120. The zero-order chi connectivity index (χ0) is 20.2. The van der Waals surface area contributed by atoms with Crippen LogP contribution in [0.15, 0.2) is 12.2 Å². The van der Waals surface area contributed by atoms with E-state index in [-0.39, 0.29) is 5.57 Å². The van der Waals surface area contributed by atoms with Gasteiger partial charge in [0.25, 0.3) is 0 Å². The van der Waals surface area contributed by atoms with E-state index in [4.69, 9.17) is 4.74 Å². The van der Waals surface area contributed by atoms with E-state index in [0.717, 1.165) is 32.1 Å². The molecule has 0 N–H and O–H groups in total. The molecule has 0 bridgehead atoms. The molecule has 0 aromatic rings. The van der Waals surface area contributed by atoms with Crippen molar-refractivity contribution in [1.29, 1.82) is 0 Å². The molecule has 0 fully saturated rings. The van der Waals surface area contributed by atoms with Crippen LogP contribution in [0.2, 0.25) is 0 Å². The Labute approximate surface area is 168 Å². The van der Waals surface area contributed by atoms with Gasteiger partial charge >= 0.3 is 5.97 Å². The Morgan fingerprint density at radius 2 is 1.15 bits per heavy atom. The number of rotatable bonds is 20. The number of alkyl halides is 1. The van der Waals surface area contributed by atoms with Crippen molar-refractivity contribution in [1.82, 2.24) is 0 Å². The van der Waals surface area contributed by atoms with E-state index < -0.39 is 12.1 Å². The highest BCUT2D eigenvalue weighted by molar-refractivity contribution is 5.88. The van der Waals surface area contributed by atoms with Gasteiger partial charge in [0.15, 0.2) is 0 Å². The van der Waals surface area contributed by atoms with Gasteiger partial charge in [-0.3, -0.25) is 0 Å². The maximum absolute atomic E-state index is 14.0. The standard InChI is InChI=1S/C24H45FO2/c1-4-6-8-10-11-12-13-14-15-17-19-21-27-24(26)22(3)23(25)20-18-16-9-7-5-2/h23H,3-21H2,1-2H3. The molecule has 27 heavy (non-hydrogen) atoms. The third kappa shape index (κ3) is 17.0. The first-order valence-electron chi connectivity index (χ1n) is 11.6. The fourth-order valence-electron chi connectivity index (χ4n) is 3.25. The van der Waals surface area contributed by atoms with Crippen molar-refractivity contribution >= 4 is 5.97 Å². The minimum atomic E-state index is -1.25. The third-order valence-electron chi connectivity index (χ3n) is 5.18. The summed E-state index contributed by atoms with van der Waals surface area (Å²) in [5.41, 5.74) is -0.00596. The Morgan fingerprint density at radius 3 is 1.63 bits per heavy atom. The first kappa shape index (κ1) is 26.1. The van der Waals surface area contributed by atoms with Gasteiger partial charge in [0.1, 0.15) is 6.17 Å². The fraction of sp³-hybridized carbons (Fsp3) is 0.875. The van der Waals surface area contributed by atoms with Crippen molar-refractivity contribution in [2.75, 3.05) is 6.61 Å². The number of hydrogen-bond acceptors (Lipinski definition) is 2. The highest BCUT2D eigenvalue weighted by Gasteiger charge is 2.19. The number of carbonyl (C=O) groups is 1. The molecule has 0 saturated heterocycles. The van der Waals surface area contributed by atoms with Crippen LogP contribution in [0, 0.1) is 0 Å². The second kappa shape index (κ2) is 19.9. The zero-order valence-corrected chi connectivity index (χ0v) is 18.2. The van der Waals surface area contributed by atoms with Crippen molar-refractivity contribution < 1.29 is 13.9 Å². The minimum Gasteiger partial charge on any atom is -0.462 e. The van der Waals surface area contributed by atoms with Crippen LogP contribution in [-0.2, 0) is 9.53 Å². The molecule has 0 radical (unpaired) electrons. The highest BCUT2D eigenvalue weighted by atomic mass is 19.1. The number of halogens is 1. The average Bonchev–Trinajstić information content (AvgIpc) is 2.67. The van der Waals surface area contributed by atoms with E-state index in [1.54, 1.807) is 0 Å². The molecule has 0 aromatic heterocycles. The van der Waals surface area contributed by atoms with Crippen LogP contribution in [0.25, 0.3) is 0 Å². The number of carbonyl (C=O) groups excluding carboxylic acids is 1. The lowest BCUT2D eigenvalue weighted by Crippen LogP contribution is -2.16. The maximum Gasteiger partial charge on any atom is 0.336 e. The summed E-state index contributed by atoms with van der Waals surface area (Å²) < 4.78 is 19.2. The Hall–Kier alpha value is -0.860. The van der Waals surface area contributed by atoms with Crippen LogP contribution >= 0.6 is 0 Å². The molecule has 0 rings (SSSR count). The lowest BCUT2D eigenvalue weighted by atomic mass is 10.0. The summed E-state index contributed by atoms with van der Waals surface area (Å²) in [7, 11) is 0. The van der Waals surface area contributed by atoms with Crippen molar-refractivity contribution in [3.63, 3.8) is 0 Å². The van der Waals surface area contributed by atoms with Gasteiger partial charge in [-0.15, -0.1) is 0 Å². The molecule has 0 amide bonds. The molecule has 0 aliphatic carbocycles. The van der Waals surface area contributed by atoms with E-state index in [1.165, 1.54) is 70.6 Å². The van der Waals surface area contributed by atoms with E-state index in [9.17, 15) is 9.18 Å². The lowest BCUT2D eigenvalue weighted by Gasteiger charge is -2.11. The summed E-state index contributed by atoms with van der Waals surface area (Å²) in [5, 5.41) is 0. The fourth-order valence-corrected chi connectivity index (χ4v) is 3.25. The lowest BCUT2D eigenvalue weighted by molar-refractivity contribution is -0.139. The van der Waals surface area contributed by atoms with Gasteiger partial charge < -0.3 is 4.74 Å². The molecule has 1 atom stereocenters.